The highest BCUT2D eigenvalue weighted by atomic mass is 79.9. The molecule has 2 N–H and O–H groups in total. The smallest absolute Gasteiger partial charge is 0.135 e. The highest BCUT2D eigenvalue weighted by molar-refractivity contribution is 9.11. The number of aliphatic hydroxyl groups is 1. The lowest BCUT2D eigenvalue weighted by atomic mass is 10.1. The van der Waals surface area contributed by atoms with Crippen molar-refractivity contribution in [2.45, 2.75) is 6.10 Å². The van der Waals surface area contributed by atoms with Gasteiger partial charge >= 0.3 is 0 Å². The summed E-state index contributed by atoms with van der Waals surface area (Å²) in [6.45, 7) is 0.380. The number of hydrogen-bond donors (Lipinski definition) is 2. The summed E-state index contributed by atoms with van der Waals surface area (Å²) >= 11 is 12.7. The molecule has 0 spiro atoms. The van der Waals surface area contributed by atoms with Crippen LogP contribution in [0.4, 0.5) is 5.69 Å². The molecule has 6 heteroatoms. The Morgan fingerprint density at radius 1 is 1.19 bits per heavy atom. The molecule has 0 fully saturated rings. The lowest BCUT2D eigenvalue weighted by Crippen LogP contribution is -2.12. The number of anilines is 1. The molecule has 0 saturated carbocycles. The molecule has 0 aromatic heterocycles. The van der Waals surface area contributed by atoms with Gasteiger partial charge in [0.2, 0.25) is 0 Å². The molecule has 2 aromatic rings. The van der Waals surface area contributed by atoms with E-state index in [1.54, 1.807) is 19.2 Å². The van der Waals surface area contributed by atoms with Crippen LogP contribution >= 0.6 is 43.5 Å². The second-order valence-electron chi connectivity index (χ2n) is 4.41. The highest BCUT2D eigenvalue weighted by Crippen LogP contribution is 2.34. The second kappa shape index (κ2) is 7.49. The van der Waals surface area contributed by atoms with Crippen LogP contribution in [0.25, 0.3) is 0 Å². The molecular formula is C15H14Br2ClNO2. The van der Waals surface area contributed by atoms with Gasteiger partial charge in [-0.25, -0.2) is 0 Å². The van der Waals surface area contributed by atoms with Gasteiger partial charge in [-0.3, -0.25) is 0 Å². The van der Waals surface area contributed by atoms with Gasteiger partial charge in [0.05, 0.1) is 23.4 Å². The first kappa shape index (κ1) is 16.6. The van der Waals surface area contributed by atoms with Crippen molar-refractivity contribution < 1.29 is 9.84 Å². The summed E-state index contributed by atoms with van der Waals surface area (Å²) < 4.78 is 7.01. The van der Waals surface area contributed by atoms with Crippen LogP contribution in [-0.4, -0.2) is 18.8 Å². The molecule has 2 rings (SSSR count). The SMILES string of the molecule is COc1cc(NCC(O)c2ccc(Cl)cc2)c(Br)cc1Br. The molecule has 0 aliphatic rings. The first-order valence-corrected chi connectivity index (χ1v) is 8.18. The highest BCUT2D eigenvalue weighted by Gasteiger charge is 2.10. The lowest BCUT2D eigenvalue weighted by Gasteiger charge is -2.15. The molecular weight excluding hydrogens is 421 g/mol. The van der Waals surface area contributed by atoms with Gasteiger partial charge in [0, 0.05) is 22.1 Å². The summed E-state index contributed by atoms with van der Waals surface area (Å²) in [4.78, 5) is 0. The minimum absolute atomic E-state index is 0.380. The Labute approximate surface area is 145 Å². The molecule has 0 saturated heterocycles. The average Bonchev–Trinajstić information content (AvgIpc) is 2.47. The quantitative estimate of drug-likeness (QED) is 0.693. The topological polar surface area (TPSA) is 41.5 Å². The standard InChI is InChI=1S/C15H14Br2ClNO2/c1-21-15-7-13(11(16)6-12(15)17)19-8-14(20)9-2-4-10(18)5-3-9/h2-7,14,19-20H,8H2,1H3. The van der Waals surface area contributed by atoms with Crippen molar-refractivity contribution in [1.82, 2.24) is 0 Å². The summed E-state index contributed by atoms with van der Waals surface area (Å²) in [6.07, 6.45) is -0.621. The van der Waals surface area contributed by atoms with Gasteiger partial charge in [-0.2, -0.15) is 0 Å². The van der Waals surface area contributed by atoms with E-state index < -0.39 is 6.10 Å². The fraction of sp³-hybridized carbons (Fsp3) is 0.200. The predicted octanol–water partition coefficient (Wildman–Crippen LogP) is 5.02. The van der Waals surface area contributed by atoms with Crippen LogP contribution in [0.5, 0.6) is 5.75 Å². The second-order valence-corrected chi connectivity index (χ2v) is 6.56. The number of benzene rings is 2. The first-order valence-electron chi connectivity index (χ1n) is 6.21. The zero-order valence-corrected chi connectivity index (χ0v) is 15.2. The average molecular weight is 436 g/mol. The van der Waals surface area contributed by atoms with E-state index in [1.165, 1.54) is 0 Å². The van der Waals surface area contributed by atoms with Crippen LogP contribution in [-0.2, 0) is 0 Å². The molecule has 0 aliphatic carbocycles. The largest absolute Gasteiger partial charge is 0.495 e. The Bertz CT molecular complexity index is 620. The van der Waals surface area contributed by atoms with Gasteiger partial charge in [0.1, 0.15) is 5.75 Å². The molecule has 0 amide bonds. The maximum atomic E-state index is 10.2. The van der Waals surface area contributed by atoms with E-state index in [9.17, 15) is 5.11 Å². The maximum Gasteiger partial charge on any atom is 0.135 e. The van der Waals surface area contributed by atoms with Crippen LogP contribution in [0.2, 0.25) is 5.02 Å². The number of hydrogen-bond acceptors (Lipinski definition) is 3. The molecule has 3 nitrogen and oxygen atoms in total. The maximum absolute atomic E-state index is 10.2. The van der Waals surface area contributed by atoms with Crippen molar-refractivity contribution in [2.75, 3.05) is 19.0 Å². The molecule has 2 aromatic carbocycles. The minimum atomic E-state index is -0.621. The van der Waals surface area contributed by atoms with E-state index in [-0.39, 0.29) is 0 Å². The van der Waals surface area contributed by atoms with Crippen molar-refractivity contribution in [2.24, 2.45) is 0 Å². The summed E-state index contributed by atoms with van der Waals surface area (Å²) in [5.41, 5.74) is 1.66. The van der Waals surface area contributed by atoms with Crippen molar-refractivity contribution in [1.29, 1.82) is 0 Å². The van der Waals surface area contributed by atoms with Gasteiger partial charge in [-0.05, 0) is 55.6 Å². The number of aliphatic hydroxyl groups excluding tert-OH is 1. The molecule has 0 bridgehead atoms. The summed E-state index contributed by atoms with van der Waals surface area (Å²) in [7, 11) is 1.61. The molecule has 1 unspecified atom stereocenters. The third-order valence-corrected chi connectivity index (χ3v) is 4.51. The van der Waals surface area contributed by atoms with Crippen molar-refractivity contribution >= 4 is 49.1 Å². The number of rotatable bonds is 5. The van der Waals surface area contributed by atoms with Crippen LogP contribution < -0.4 is 10.1 Å². The Kier molecular flexibility index (Phi) is 5.93. The Morgan fingerprint density at radius 3 is 2.48 bits per heavy atom. The van der Waals surface area contributed by atoms with Gasteiger partial charge < -0.3 is 15.2 Å². The number of methoxy groups -OCH3 is 1. The van der Waals surface area contributed by atoms with Crippen molar-refractivity contribution in [3.8, 4) is 5.75 Å². The normalized spacial score (nSPS) is 12.0. The third kappa shape index (κ3) is 4.36. The van der Waals surface area contributed by atoms with Crippen LogP contribution in [0.15, 0.2) is 45.3 Å². The zero-order chi connectivity index (χ0) is 15.4. The molecule has 0 heterocycles. The molecule has 0 radical (unpaired) electrons. The number of ether oxygens (including phenoxy) is 1. The Morgan fingerprint density at radius 2 is 1.86 bits per heavy atom. The minimum Gasteiger partial charge on any atom is -0.495 e. The predicted molar refractivity (Wildman–Crippen MR) is 93.3 cm³/mol. The van der Waals surface area contributed by atoms with E-state index in [2.05, 4.69) is 37.2 Å². The summed E-state index contributed by atoms with van der Waals surface area (Å²) in [5.74, 6) is 0.724. The fourth-order valence-electron chi connectivity index (χ4n) is 1.83. The monoisotopic (exact) mass is 433 g/mol. The molecule has 1 atom stereocenters. The number of halogens is 3. The zero-order valence-electron chi connectivity index (χ0n) is 11.2. The molecule has 0 aliphatic heterocycles. The first-order chi connectivity index (χ1) is 10.0. The van der Waals surface area contributed by atoms with Gasteiger partial charge in [0.25, 0.3) is 0 Å². The van der Waals surface area contributed by atoms with Crippen molar-refractivity contribution in [3.63, 3.8) is 0 Å². The Balaban J connectivity index is 2.07. The van der Waals surface area contributed by atoms with Gasteiger partial charge in [0.15, 0.2) is 0 Å². The summed E-state index contributed by atoms with van der Waals surface area (Å²) in [5, 5.41) is 14.0. The van der Waals surface area contributed by atoms with Crippen LogP contribution in [0.3, 0.4) is 0 Å². The van der Waals surface area contributed by atoms with E-state index in [4.69, 9.17) is 16.3 Å². The summed E-state index contributed by atoms with van der Waals surface area (Å²) in [6, 6.07) is 10.9. The fourth-order valence-corrected chi connectivity index (χ4v) is 3.25. The third-order valence-electron chi connectivity index (χ3n) is 2.98. The van der Waals surface area contributed by atoms with Crippen molar-refractivity contribution in [3.05, 3.63) is 55.9 Å². The van der Waals surface area contributed by atoms with E-state index in [0.29, 0.717) is 11.6 Å². The number of nitrogens with one attached hydrogen (secondary N) is 1. The Hall–Kier alpha value is -0.750. The van der Waals surface area contributed by atoms with E-state index in [0.717, 1.165) is 25.9 Å². The van der Waals surface area contributed by atoms with E-state index in [1.807, 2.05) is 24.3 Å². The van der Waals surface area contributed by atoms with Crippen LogP contribution in [0.1, 0.15) is 11.7 Å². The lowest BCUT2D eigenvalue weighted by molar-refractivity contribution is 0.191. The van der Waals surface area contributed by atoms with Gasteiger partial charge in [-0.15, -0.1) is 0 Å². The molecule has 21 heavy (non-hydrogen) atoms. The van der Waals surface area contributed by atoms with Crippen LogP contribution in [0, 0.1) is 0 Å². The van der Waals surface area contributed by atoms with E-state index >= 15 is 0 Å². The molecule has 112 valence electrons. The van der Waals surface area contributed by atoms with Gasteiger partial charge in [-0.1, -0.05) is 23.7 Å².